The molecule has 2 unspecified atom stereocenters. The third-order valence-corrected chi connectivity index (χ3v) is 2.82. The molecular formula is C7H13AsO3. The fourth-order valence-corrected chi connectivity index (χ4v) is 1.15. The van der Waals surface area contributed by atoms with E-state index in [1.807, 2.05) is 6.92 Å². The first-order chi connectivity index (χ1) is 5.11. The van der Waals surface area contributed by atoms with Gasteiger partial charge in [-0.05, 0) is 0 Å². The van der Waals surface area contributed by atoms with Crippen LogP contribution in [-0.2, 0) is 9.53 Å². The van der Waals surface area contributed by atoms with E-state index in [2.05, 4.69) is 6.58 Å². The van der Waals surface area contributed by atoms with Crippen molar-refractivity contribution in [2.24, 2.45) is 0 Å². The molecule has 64 valence electrons. The number of hydrogen-bond acceptors (Lipinski definition) is 3. The van der Waals surface area contributed by atoms with Crippen molar-refractivity contribution in [1.82, 2.24) is 0 Å². The van der Waals surface area contributed by atoms with Gasteiger partial charge in [-0.15, -0.1) is 0 Å². The van der Waals surface area contributed by atoms with E-state index in [0.717, 1.165) is 0 Å². The normalized spacial score (nSPS) is 13.4. The van der Waals surface area contributed by atoms with Crippen LogP contribution >= 0.6 is 0 Å². The van der Waals surface area contributed by atoms with Crippen LogP contribution in [0, 0.1) is 0 Å². The van der Waals surface area contributed by atoms with Crippen molar-refractivity contribution in [1.29, 1.82) is 0 Å². The van der Waals surface area contributed by atoms with E-state index in [0.29, 0.717) is 12.0 Å². The van der Waals surface area contributed by atoms with Crippen molar-refractivity contribution in [3.63, 3.8) is 0 Å². The minimum absolute atomic E-state index is 0.265. The fraction of sp³-hybridized carbons (Fsp3) is 0.571. The van der Waals surface area contributed by atoms with Gasteiger partial charge in [0.2, 0.25) is 0 Å². The first-order valence-electron chi connectivity index (χ1n) is 3.38. The monoisotopic (exact) mass is 220 g/mol. The summed E-state index contributed by atoms with van der Waals surface area (Å²) in [6.45, 7) is 6.90. The summed E-state index contributed by atoms with van der Waals surface area (Å²) in [4.78, 5) is 10.6. The van der Waals surface area contributed by atoms with Crippen molar-refractivity contribution in [2.45, 2.75) is 25.2 Å². The molecule has 0 heterocycles. The number of rotatable bonds is 4. The summed E-state index contributed by atoms with van der Waals surface area (Å²) in [6.07, 6.45) is 0.676. The molecule has 0 rings (SSSR count). The van der Waals surface area contributed by atoms with Gasteiger partial charge in [0.25, 0.3) is 0 Å². The standard InChI is InChI=1S/C7H13AsO3/c1-4-6(8-10)11-7(9)5(2)3/h6,8,10H,2,4H2,1,3H3. The van der Waals surface area contributed by atoms with Gasteiger partial charge in [-0.1, -0.05) is 0 Å². The zero-order valence-corrected chi connectivity index (χ0v) is 8.85. The van der Waals surface area contributed by atoms with Crippen LogP contribution in [0.4, 0.5) is 0 Å². The summed E-state index contributed by atoms with van der Waals surface area (Å²) < 4.78 is 13.7. The molecule has 0 amide bonds. The Hall–Kier alpha value is -0.272. The van der Waals surface area contributed by atoms with Crippen LogP contribution in [0.25, 0.3) is 0 Å². The van der Waals surface area contributed by atoms with Gasteiger partial charge in [-0.25, -0.2) is 0 Å². The van der Waals surface area contributed by atoms with E-state index < -0.39 is 22.1 Å². The summed E-state index contributed by atoms with van der Waals surface area (Å²) in [6, 6.07) is 0. The molecule has 0 aromatic rings. The second kappa shape index (κ2) is 5.39. The molecule has 11 heavy (non-hydrogen) atoms. The molecule has 0 bridgehead atoms. The Kier molecular flexibility index (Phi) is 5.26. The first-order valence-corrected chi connectivity index (χ1v) is 5.52. The molecule has 0 radical (unpaired) electrons. The molecule has 1 N–H and O–H groups in total. The maximum absolute atomic E-state index is 10.9. The minimum atomic E-state index is -1.12. The van der Waals surface area contributed by atoms with Gasteiger partial charge in [0.05, 0.1) is 0 Å². The average molecular weight is 220 g/mol. The Bertz CT molecular complexity index is 152. The van der Waals surface area contributed by atoms with Crippen LogP contribution in [0.1, 0.15) is 20.3 Å². The van der Waals surface area contributed by atoms with Gasteiger partial charge in [0, 0.05) is 0 Å². The number of esters is 1. The maximum atomic E-state index is 10.9. The van der Waals surface area contributed by atoms with E-state index in [1.165, 1.54) is 0 Å². The van der Waals surface area contributed by atoms with E-state index in [-0.39, 0.29) is 4.89 Å². The van der Waals surface area contributed by atoms with Crippen molar-refractivity contribution >= 4 is 22.1 Å². The Morgan fingerprint density at radius 3 is 2.64 bits per heavy atom. The van der Waals surface area contributed by atoms with Crippen molar-refractivity contribution in [3.05, 3.63) is 12.2 Å². The van der Waals surface area contributed by atoms with E-state index in [4.69, 9.17) is 8.83 Å². The van der Waals surface area contributed by atoms with Gasteiger partial charge in [-0.2, -0.15) is 0 Å². The third kappa shape index (κ3) is 4.22. The topological polar surface area (TPSA) is 46.5 Å². The van der Waals surface area contributed by atoms with Crippen molar-refractivity contribution in [2.75, 3.05) is 0 Å². The molecule has 0 aromatic heterocycles. The Morgan fingerprint density at radius 2 is 2.36 bits per heavy atom. The zero-order chi connectivity index (χ0) is 8.85. The van der Waals surface area contributed by atoms with E-state index in [1.54, 1.807) is 6.92 Å². The number of carbonyl (C=O) groups is 1. The molecule has 0 aromatic carbocycles. The Labute approximate surface area is 73.5 Å². The van der Waals surface area contributed by atoms with Crippen LogP contribution in [0.15, 0.2) is 12.2 Å². The fourth-order valence-electron chi connectivity index (χ4n) is 0.431. The Balaban J connectivity index is 3.81. The van der Waals surface area contributed by atoms with Crippen LogP contribution in [0.5, 0.6) is 0 Å². The molecule has 0 aliphatic heterocycles. The molecule has 0 spiro atoms. The van der Waals surface area contributed by atoms with Crippen molar-refractivity contribution in [3.8, 4) is 0 Å². The summed E-state index contributed by atoms with van der Waals surface area (Å²) in [5, 5.41) is 0. The van der Waals surface area contributed by atoms with Crippen LogP contribution in [-0.4, -0.2) is 31.1 Å². The molecule has 2 atom stereocenters. The van der Waals surface area contributed by atoms with Gasteiger partial charge < -0.3 is 0 Å². The molecular weight excluding hydrogens is 207 g/mol. The summed E-state index contributed by atoms with van der Waals surface area (Å²) >= 11 is -1.12. The number of hydrogen-bond donors (Lipinski definition) is 1. The van der Waals surface area contributed by atoms with Gasteiger partial charge in [0.15, 0.2) is 0 Å². The Morgan fingerprint density at radius 1 is 1.82 bits per heavy atom. The molecule has 3 nitrogen and oxygen atoms in total. The predicted octanol–water partition coefficient (Wildman–Crippen LogP) is 0.186. The van der Waals surface area contributed by atoms with Crippen LogP contribution in [0.2, 0.25) is 0 Å². The quantitative estimate of drug-likeness (QED) is 0.418. The molecule has 0 saturated carbocycles. The number of carbonyl (C=O) groups excluding carboxylic acids is 1. The molecule has 0 fully saturated rings. The third-order valence-electron chi connectivity index (χ3n) is 1.11. The molecule has 0 saturated heterocycles. The summed E-state index contributed by atoms with van der Waals surface area (Å²) in [5.74, 6) is -0.408. The van der Waals surface area contributed by atoms with Gasteiger partial charge >= 0.3 is 73.0 Å². The molecule has 0 aliphatic rings. The average Bonchev–Trinajstić information content (AvgIpc) is 1.99. The molecule has 4 heteroatoms. The summed E-state index contributed by atoms with van der Waals surface area (Å²) in [5.41, 5.74) is 0.378. The van der Waals surface area contributed by atoms with Gasteiger partial charge in [-0.3, -0.25) is 0 Å². The van der Waals surface area contributed by atoms with E-state index >= 15 is 0 Å². The zero-order valence-electron chi connectivity index (χ0n) is 6.76. The molecule has 0 aliphatic carbocycles. The predicted molar refractivity (Wildman–Crippen MR) is 44.4 cm³/mol. The second-order valence-corrected chi connectivity index (χ2v) is 4.10. The van der Waals surface area contributed by atoms with Crippen molar-refractivity contribution < 1.29 is 13.6 Å². The number of ether oxygens (including phenoxy) is 1. The van der Waals surface area contributed by atoms with E-state index in [9.17, 15) is 4.79 Å². The first kappa shape index (κ1) is 10.7. The van der Waals surface area contributed by atoms with Gasteiger partial charge in [0.1, 0.15) is 0 Å². The SMILES string of the molecule is C=C(C)C(=O)OC(CC)[AsH]O. The second-order valence-electron chi connectivity index (χ2n) is 2.21. The van der Waals surface area contributed by atoms with Crippen LogP contribution in [0.3, 0.4) is 0 Å². The van der Waals surface area contributed by atoms with Crippen LogP contribution < -0.4 is 0 Å². The summed E-state index contributed by atoms with van der Waals surface area (Å²) in [7, 11) is 0.